The van der Waals surface area contributed by atoms with Crippen molar-refractivity contribution in [3.05, 3.63) is 29.1 Å². The first-order valence-electron chi connectivity index (χ1n) is 10.8. The molecule has 0 aliphatic rings. The molecule has 0 saturated carbocycles. The number of hydrogen-bond donors (Lipinski definition) is 0. The molecule has 0 heterocycles. The Balaban J connectivity index is 2.27. The van der Waals surface area contributed by atoms with E-state index in [1.165, 1.54) is 50.0 Å². The minimum atomic E-state index is -2.75. The van der Waals surface area contributed by atoms with E-state index in [2.05, 4.69) is 6.92 Å². The first kappa shape index (κ1) is 26.5. The molecule has 0 saturated heterocycles. The van der Waals surface area contributed by atoms with Crippen molar-refractivity contribution in [1.82, 2.24) is 0 Å². The van der Waals surface area contributed by atoms with Crippen LogP contribution in [0.3, 0.4) is 0 Å². The van der Waals surface area contributed by atoms with Gasteiger partial charge in [-0.1, -0.05) is 77.4 Å². The fourth-order valence-electron chi connectivity index (χ4n) is 3.58. The predicted octanol–water partition coefficient (Wildman–Crippen LogP) is 7.95. The summed E-state index contributed by atoms with van der Waals surface area (Å²) < 4.78 is 68.4. The second kappa shape index (κ2) is 13.7. The molecule has 0 fully saturated rings. The van der Waals surface area contributed by atoms with Gasteiger partial charge in [0.25, 0.3) is 0 Å². The number of unbranched alkanes of at least 4 members (excludes halogenated alkanes) is 8. The average Bonchev–Trinajstić information content (AvgIpc) is 2.68. The van der Waals surface area contributed by atoms with Gasteiger partial charge in [0, 0.05) is 5.19 Å². The van der Waals surface area contributed by atoms with Gasteiger partial charge in [-0.2, -0.15) is 11.8 Å². The molecule has 0 aliphatic carbocycles. The van der Waals surface area contributed by atoms with Crippen LogP contribution in [0.5, 0.6) is 0 Å². The molecule has 0 atom stereocenters. The second-order valence-electron chi connectivity index (χ2n) is 8.37. The van der Waals surface area contributed by atoms with Crippen molar-refractivity contribution in [1.29, 1.82) is 0 Å². The summed E-state index contributed by atoms with van der Waals surface area (Å²) in [6, 6.07) is 0.515. The molecule has 0 nitrogen and oxygen atoms in total. The van der Waals surface area contributed by atoms with Gasteiger partial charge in [0.05, 0.1) is 8.07 Å². The molecule has 0 bridgehead atoms. The number of hydrogen-bond acceptors (Lipinski definition) is 1. The molecule has 0 amide bonds. The molecular formula is C22H35F5SSi. The molecule has 0 N–H and O–H groups in total. The highest BCUT2D eigenvalue weighted by Crippen LogP contribution is 2.24. The Morgan fingerprint density at radius 2 is 1.00 bits per heavy atom. The Kier molecular flexibility index (Phi) is 12.5. The molecular weight excluding hydrogens is 419 g/mol. The van der Waals surface area contributed by atoms with Crippen molar-refractivity contribution in [2.24, 2.45) is 0 Å². The molecule has 7 heteroatoms. The highest BCUT2D eigenvalue weighted by Gasteiger charge is 2.35. The molecule has 0 aromatic heterocycles. The second-order valence-corrected chi connectivity index (χ2v) is 14.4. The lowest BCUT2D eigenvalue weighted by atomic mass is 10.1. The minimum absolute atomic E-state index is 0.515. The van der Waals surface area contributed by atoms with Crippen LogP contribution in [0.25, 0.3) is 0 Å². The Bertz CT molecular complexity index is 593. The van der Waals surface area contributed by atoms with Crippen molar-refractivity contribution in [2.75, 3.05) is 11.5 Å². The highest BCUT2D eigenvalue weighted by atomic mass is 32.2. The van der Waals surface area contributed by atoms with Crippen molar-refractivity contribution in [3.8, 4) is 0 Å². The average molecular weight is 455 g/mol. The van der Waals surface area contributed by atoms with Crippen LogP contribution >= 0.6 is 11.8 Å². The normalized spacial score (nSPS) is 12.0. The maximum absolute atomic E-state index is 14.1. The Morgan fingerprint density at radius 1 is 0.586 bits per heavy atom. The SMILES string of the molecule is CCCSCCCCCCCCCCC[Si](C)(C)c1c(F)c(F)c(F)c(F)c1F. The van der Waals surface area contributed by atoms with Crippen LogP contribution < -0.4 is 5.19 Å². The molecule has 0 unspecified atom stereocenters. The summed E-state index contributed by atoms with van der Waals surface area (Å²) in [7, 11) is -2.75. The standard InChI is InChI=1S/C22H35F5SSi/c1-4-14-28-15-12-10-8-6-5-7-9-11-13-16-29(2,3)22-20(26)18(24)17(23)19(25)21(22)27/h4-16H2,1-3H3. The topological polar surface area (TPSA) is 0 Å². The molecule has 0 radical (unpaired) electrons. The molecule has 0 aliphatic heterocycles. The van der Waals surface area contributed by atoms with E-state index in [0.717, 1.165) is 25.7 Å². The zero-order valence-electron chi connectivity index (χ0n) is 18.0. The van der Waals surface area contributed by atoms with E-state index in [9.17, 15) is 22.0 Å². The van der Waals surface area contributed by atoms with Gasteiger partial charge in [-0.15, -0.1) is 0 Å². The lowest BCUT2D eigenvalue weighted by molar-refractivity contribution is 0.383. The van der Waals surface area contributed by atoms with Gasteiger partial charge in [0.1, 0.15) is 0 Å². The van der Waals surface area contributed by atoms with E-state index in [4.69, 9.17) is 0 Å². The third-order valence-corrected chi connectivity index (χ3v) is 10.00. The van der Waals surface area contributed by atoms with Crippen LogP contribution in [-0.2, 0) is 0 Å². The molecule has 1 rings (SSSR count). The summed E-state index contributed by atoms with van der Waals surface area (Å²) in [6.07, 6.45) is 11.4. The Hall–Kier alpha value is -0.563. The summed E-state index contributed by atoms with van der Waals surface area (Å²) in [5.41, 5.74) is 0. The number of halogens is 5. The third kappa shape index (κ3) is 8.60. The quantitative estimate of drug-likeness (QED) is 0.0852. The maximum atomic E-state index is 14.1. The smallest absolute Gasteiger partial charge is 0.200 e. The van der Waals surface area contributed by atoms with E-state index in [1.54, 1.807) is 13.1 Å². The maximum Gasteiger partial charge on any atom is 0.200 e. The summed E-state index contributed by atoms with van der Waals surface area (Å²) >= 11 is 2.03. The molecule has 1 aromatic rings. The summed E-state index contributed by atoms with van der Waals surface area (Å²) in [6.45, 7) is 5.54. The minimum Gasteiger partial charge on any atom is -0.204 e. The van der Waals surface area contributed by atoms with Crippen molar-refractivity contribution >= 4 is 25.0 Å². The number of thioether (sulfide) groups is 1. The van der Waals surface area contributed by atoms with Crippen LogP contribution in [0.1, 0.15) is 71.1 Å². The molecule has 168 valence electrons. The van der Waals surface area contributed by atoms with Gasteiger partial charge in [-0.25, -0.2) is 22.0 Å². The van der Waals surface area contributed by atoms with Crippen molar-refractivity contribution in [2.45, 2.75) is 90.3 Å². The van der Waals surface area contributed by atoms with Crippen LogP contribution in [0.15, 0.2) is 0 Å². The molecule has 29 heavy (non-hydrogen) atoms. The van der Waals surface area contributed by atoms with E-state index in [-0.39, 0.29) is 0 Å². The summed E-state index contributed by atoms with van der Waals surface area (Å²) in [5.74, 6) is -6.52. The first-order valence-corrected chi connectivity index (χ1v) is 15.2. The van der Waals surface area contributed by atoms with E-state index in [0.29, 0.717) is 6.04 Å². The molecule has 1 aromatic carbocycles. The van der Waals surface area contributed by atoms with Gasteiger partial charge in [0.15, 0.2) is 23.3 Å². The fourth-order valence-corrected chi connectivity index (χ4v) is 7.27. The zero-order chi connectivity index (χ0) is 21.9. The number of benzene rings is 1. The van der Waals surface area contributed by atoms with Crippen LogP contribution in [0.2, 0.25) is 19.1 Å². The van der Waals surface area contributed by atoms with Gasteiger partial charge in [-0.3, -0.25) is 0 Å². The van der Waals surface area contributed by atoms with Gasteiger partial charge in [-0.05, 0) is 24.3 Å². The van der Waals surface area contributed by atoms with E-state index in [1.807, 2.05) is 11.8 Å². The largest absolute Gasteiger partial charge is 0.204 e. The highest BCUT2D eigenvalue weighted by molar-refractivity contribution is 7.99. The van der Waals surface area contributed by atoms with Gasteiger partial charge < -0.3 is 0 Å². The van der Waals surface area contributed by atoms with Gasteiger partial charge >= 0.3 is 0 Å². The van der Waals surface area contributed by atoms with Crippen LogP contribution in [0.4, 0.5) is 22.0 Å². The lowest BCUT2D eigenvalue weighted by Crippen LogP contribution is -2.47. The Morgan fingerprint density at radius 3 is 1.48 bits per heavy atom. The summed E-state index contributed by atoms with van der Waals surface area (Å²) in [5, 5.41) is -0.564. The fraction of sp³-hybridized carbons (Fsp3) is 0.727. The summed E-state index contributed by atoms with van der Waals surface area (Å²) in [4.78, 5) is 0. The van der Waals surface area contributed by atoms with Crippen LogP contribution in [-0.4, -0.2) is 19.6 Å². The van der Waals surface area contributed by atoms with Crippen molar-refractivity contribution in [3.63, 3.8) is 0 Å². The van der Waals surface area contributed by atoms with Gasteiger partial charge in [0.2, 0.25) is 5.82 Å². The van der Waals surface area contributed by atoms with E-state index >= 15 is 0 Å². The molecule has 0 spiro atoms. The first-order chi connectivity index (χ1) is 13.7. The monoisotopic (exact) mass is 454 g/mol. The number of rotatable bonds is 15. The van der Waals surface area contributed by atoms with Crippen molar-refractivity contribution < 1.29 is 22.0 Å². The Labute approximate surface area is 178 Å². The lowest BCUT2D eigenvalue weighted by Gasteiger charge is -2.24. The third-order valence-electron chi connectivity index (χ3n) is 5.33. The predicted molar refractivity (Wildman–Crippen MR) is 117 cm³/mol. The van der Waals surface area contributed by atoms with Crippen LogP contribution in [0, 0.1) is 29.1 Å². The zero-order valence-corrected chi connectivity index (χ0v) is 19.8. The van der Waals surface area contributed by atoms with E-state index < -0.39 is 42.3 Å².